The summed E-state index contributed by atoms with van der Waals surface area (Å²) in [4.78, 5) is 1.53. The molecule has 0 aliphatic carbocycles. The van der Waals surface area contributed by atoms with Gasteiger partial charge in [0, 0.05) is 9.50 Å². The molecule has 0 aromatic carbocycles. The summed E-state index contributed by atoms with van der Waals surface area (Å²) in [6.07, 6.45) is 4.36. The van der Waals surface area contributed by atoms with Crippen LogP contribution >= 0.6 is 18.2 Å². The van der Waals surface area contributed by atoms with Crippen LogP contribution < -0.4 is 4.62 Å². The van der Waals surface area contributed by atoms with Crippen molar-refractivity contribution >= 4 is 29.1 Å². The summed E-state index contributed by atoms with van der Waals surface area (Å²) in [6, 6.07) is 0. The lowest BCUT2D eigenvalue weighted by Gasteiger charge is -2.17. The first-order valence-corrected chi connectivity index (χ1v) is 9.03. The minimum absolute atomic E-state index is 0.271. The van der Waals surface area contributed by atoms with Gasteiger partial charge >= 0.3 is 0 Å². The van der Waals surface area contributed by atoms with Crippen molar-refractivity contribution in [3.63, 3.8) is 0 Å². The first-order valence-electron chi connectivity index (χ1n) is 5.34. The van der Waals surface area contributed by atoms with E-state index in [0.717, 1.165) is 0 Å². The van der Waals surface area contributed by atoms with Gasteiger partial charge in [0.25, 0.3) is 0 Å². The predicted molar refractivity (Wildman–Crippen MR) is 78.0 cm³/mol. The summed E-state index contributed by atoms with van der Waals surface area (Å²) in [7, 11) is 0. The largest absolute Gasteiger partial charge is 0.139 e. The molecule has 0 unspecified atom stereocenters. The molecule has 0 aliphatic heterocycles. The van der Waals surface area contributed by atoms with Gasteiger partial charge in [0.2, 0.25) is 0 Å². The fourth-order valence-corrected chi connectivity index (χ4v) is 5.32. The molecule has 1 heterocycles. The number of hydrogen-bond acceptors (Lipinski definition) is 1. The lowest BCUT2D eigenvalue weighted by molar-refractivity contribution is 0.600. The molecular weight excluding hydrogens is 219 g/mol. The van der Waals surface area contributed by atoms with Gasteiger partial charge < -0.3 is 0 Å². The van der Waals surface area contributed by atoms with Crippen LogP contribution in [0, 0.1) is 13.8 Å². The van der Waals surface area contributed by atoms with Crippen LogP contribution in [-0.4, -0.2) is 19.6 Å². The van der Waals surface area contributed by atoms with Gasteiger partial charge in [0.15, 0.2) is 0 Å². The summed E-state index contributed by atoms with van der Waals surface area (Å²) in [5.41, 5.74) is 3.24. The summed E-state index contributed by atoms with van der Waals surface area (Å²) in [5, 5.41) is 0. The Balaban J connectivity index is 3.45. The molecule has 1 aromatic heterocycles. The van der Waals surface area contributed by atoms with E-state index in [0.29, 0.717) is 0 Å². The zero-order valence-electron chi connectivity index (χ0n) is 11.1. The maximum Gasteiger partial charge on any atom is 0.0298 e. The van der Waals surface area contributed by atoms with E-state index in [2.05, 4.69) is 54.2 Å². The van der Waals surface area contributed by atoms with E-state index in [1.165, 1.54) is 16.0 Å². The van der Waals surface area contributed by atoms with Crippen LogP contribution in [-0.2, 0) is 5.41 Å². The van der Waals surface area contributed by atoms with E-state index in [1.807, 2.05) is 11.3 Å². The highest BCUT2D eigenvalue weighted by Gasteiger charge is 2.24. The maximum absolute atomic E-state index is 4.36. The van der Waals surface area contributed by atoms with Crippen molar-refractivity contribution in [2.45, 2.75) is 40.0 Å². The van der Waals surface area contributed by atoms with E-state index in [-0.39, 0.29) is 5.41 Å². The molecule has 86 valence electrons. The Kier molecular flexibility index (Phi) is 3.30. The van der Waals surface area contributed by atoms with E-state index < -0.39 is 6.89 Å². The monoisotopic (exact) mass is 242 g/mol. The number of hydrogen-bond donors (Lipinski definition) is 0. The molecule has 0 radical (unpaired) electrons. The second kappa shape index (κ2) is 3.79. The van der Waals surface area contributed by atoms with Crippen molar-refractivity contribution < 1.29 is 0 Å². The Morgan fingerprint density at radius 3 is 1.73 bits per heavy atom. The van der Waals surface area contributed by atoms with Crippen molar-refractivity contribution in [2.75, 3.05) is 13.3 Å². The summed E-state index contributed by atoms with van der Waals surface area (Å²) in [5.74, 6) is 0. The SMILES string of the molecule is C=P(C)(C)c1sc(C(C)(C)C)c(C)c1C. The van der Waals surface area contributed by atoms with Gasteiger partial charge in [-0.15, -0.1) is 11.3 Å². The molecule has 15 heavy (non-hydrogen) atoms. The smallest absolute Gasteiger partial charge is 0.0298 e. The molecule has 0 aliphatic rings. The molecule has 1 rings (SSSR count). The van der Waals surface area contributed by atoms with Crippen molar-refractivity contribution in [2.24, 2.45) is 0 Å². The Bertz CT molecular complexity index is 412. The van der Waals surface area contributed by atoms with Crippen LogP contribution in [0.2, 0.25) is 0 Å². The molecule has 2 heteroatoms. The van der Waals surface area contributed by atoms with Gasteiger partial charge in [-0.05, 0) is 43.7 Å². The highest BCUT2D eigenvalue weighted by molar-refractivity contribution is 7.83. The lowest BCUT2D eigenvalue weighted by atomic mass is 9.91. The van der Waals surface area contributed by atoms with Crippen LogP contribution in [0.15, 0.2) is 0 Å². The molecular formula is C13H23PS. The van der Waals surface area contributed by atoms with Gasteiger partial charge in [-0.1, -0.05) is 34.0 Å². The van der Waals surface area contributed by atoms with Crippen LogP contribution in [0.5, 0.6) is 0 Å². The topological polar surface area (TPSA) is 0 Å². The van der Waals surface area contributed by atoms with Gasteiger partial charge in [0.1, 0.15) is 0 Å². The Labute approximate surface area is 98.7 Å². The first-order chi connectivity index (χ1) is 6.55. The van der Waals surface area contributed by atoms with Crippen LogP contribution in [0.1, 0.15) is 36.8 Å². The summed E-state index contributed by atoms with van der Waals surface area (Å²) in [6.45, 7) is 14.9. The first kappa shape index (κ1) is 13.1. The quantitative estimate of drug-likeness (QED) is 0.653. The van der Waals surface area contributed by atoms with E-state index in [1.54, 1.807) is 4.62 Å². The third-order valence-corrected chi connectivity index (χ3v) is 7.47. The van der Waals surface area contributed by atoms with Crippen LogP contribution in [0.4, 0.5) is 0 Å². The fraction of sp³-hybridized carbons (Fsp3) is 0.615. The van der Waals surface area contributed by atoms with Crippen molar-refractivity contribution in [1.82, 2.24) is 0 Å². The molecule has 0 bridgehead atoms. The molecule has 0 amide bonds. The van der Waals surface area contributed by atoms with Crippen molar-refractivity contribution in [3.8, 4) is 0 Å². The van der Waals surface area contributed by atoms with E-state index in [9.17, 15) is 0 Å². The molecule has 0 spiro atoms. The third-order valence-electron chi connectivity index (χ3n) is 2.65. The van der Waals surface area contributed by atoms with E-state index >= 15 is 0 Å². The number of thiophene rings is 1. The average Bonchev–Trinajstić information content (AvgIpc) is 2.26. The van der Waals surface area contributed by atoms with Gasteiger partial charge in [-0.2, -0.15) is 0 Å². The standard InChI is InChI=1S/C13H23PS/c1-9-10(2)12(14(6,7)8)15-11(9)13(3,4)5/h6H2,1-5,7-8H3. The molecule has 1 aromatic rings. The summed E-state index contributed by atoms with van der Waals surface area (Å²) < 4.78 is 1.55. The molecule has 0 atom stereocenters. The highest BCUT2D eigenvalue weighted by atomic mass is 32.1. The van der Waals surface area contributed by atoms with Crippen molar-refractivity contribution in [3.05, 3.63) is 16.0 Å². The fourth-order valence-electron chi connectivity index (χ4n) is 1.87. The normalized spacial score (nSPS) is 13.3. The average molecular weight is 242 g/mol. The molecule has 0 N–H and O–H groups in total. The van der Waals surface area contributed by atoms with Crippen molar-refractivity contribution in [1.29, 1.82) is 0 Å². The lowest BCUT2D eigenvalue weighted by Crippen LogP contribution is -2.10. The van der Waals surface area contributed by atoms with Gasteiger partial charge in [0.05, 0.1) is 0 Å². The molecule has 0 saturated heterocycles. The van der Waals surface area contributed by atoms with Gasteiger partial charge in [-0.3, -0.25) is 0 Å². The second-order valence-corrected chi connectivity index (χ2v) is 11.1. The predicted octanol–water partition coefficient (Wildman–Crippen LogP) is 4.00. The zero-order chi connectivity index (χ0) is 12.0. The minimum Gasteiger partial charge on any atom is -0.139 e. The third kappa shape index (κ3) is 2.57. The molecule has 0 saturated carbocycles. The highest BCUT2D eigenvalue weighted by Crippen LogP contribution is 2.43. The Hall–Kier alpha value is 0. The van der Waals surface area contributed by atoms with E-state index in [4.69, 9.17) is 0 Å². The summed E-state index contributed by atoms with van der Waals surface area (Å²) >= 11 is 1.99. The maximum atomic E-state index is 4.36. The van der Waals surface area contributed by atoms with Crippen LogP contribution in [0.3, 0.4) is 0 Å². The minimum atomic E-state index is -1.11. The Morgan fingerprint density at radius 1 is 1.07 bits per heavy atom. The Morgan fingerprint density at radius 2 is 1.53 bits per heavy atom. The zero-order valence-corrected chi connectivity index (χ0v) is 12.8. The molecule has 0 nitrogen and oxygen atoms in total. The van der Waals surface area contributed by atoms with Gasteiger partial charge in [-0.25, -0.2) is 0 Å². The number of rotatable bonds is 1. The van der Waals surface area contributed by atoms with Crippen LogP contribution in [0.25, 0.3) is 0 Å². The second-order valence-electron chi connectivity index (χ2n) is 5.92. The molecule has 0 fully saturated rings.